The maximum Gasteiger partial charge on any atom is 0.230 e. The Bertz CT molecular complexity index is 701. The molecule has 1 unspecified atom stereocenters. The van der Waals surface area contributed by atoms with Crippen LogP contribution < -0.4 is 5.32 Å². The molecule has 5 heteroatoms. The van der Waals surface area contributed by atoms with Gasteiger partial charge in [-0.25, -0.2) is 8.78 Å². The molecule has 23 heavy (non-hydrogen) atoms. The molecule has 0 saturated carbocycles. The highest BCUT2D eigenvalue weighted by Gasteiger charge is 2.32. The number of aliphatic hydroxyl groups excluding tert-OH is 1. The van der Waals surface area contributed by atoms with Crippen LogP contribution in [-0.2, 0) is 10.2 Å². The standard InChI is InChI=1S/C18H19F2NO2/c1-18(2,13-8-4-6-10-15(13)20)17(23)21-11-16(22)12-7-3-5-9-14(12)19/h3-10,16,22H,11H2,1-2H3,(H,21,23). The molecule has 0 saturated heterocycles. The Balaban J connectivity index is 2.07. The molecule has 2 N–H and O–H groups in total. The predicted molar refractivity (Wildman–Crippen MR) is 83.8 cm³/mol. The number of hydrogen-bond donors (Lipinski definition) is 2. The van der Waals surface area contributed by atoms with Crippen molar-refractivity contribution < 1.29 is 18.7 Å². The average Bonchev–Trinajstić information content (AvgIpc) is 2.52. The molecule has 0 spiro atoms. The molecule has 1 atom stereocenters. The highest BCUT2D eigenvalue weighted by atomic mass is 19.1. The number of amides is 1. The maximum absolute atomic E-state index is 13.9. The van der Waals surface area contributed by atoms with Crippen LogP contribution in [0.15, 0.2) is 48.5 Å². The average molecular weight is 319 g/mol. The summed E-state index contributed by atoms with van der Waals surface area (Å²) in [6, 6.07) is 11.9. The van der Waals surface area contributed by atoms with Gasteiger partial charge in [0, 0.05) is 17.7 Å². The van der Waals surface area contributed by atoms with Crippen LogP contribution in [0.1, 0.15) is 31.1 Å². The second kappa shape index (κ2) is 6.87. The summed E-state index contributed by atoms with van der Waals surface area (Å²) in [5.41, 5.74) is -0.741. The van der Waals surface area contributed by atoms with Crippen LogP contribution in [0.5, 0.6) is 0 Å². The van der Waals surface area contributed by atoms with Gasteiger partial charge in [0.05, 0.1) is 11.5 Å². The third kappa shape index (κ3) is 3.74. The summed E-state index contributed by atoms with van der Waals surface area (Å²) < 4.78 is 27.5. The first-order valence-corrected chi connectivity index (χ1v) is 7.30. The molecule has 2 aromatic rings. The Morgan fingerprint density at radius 2 is 1.65 bits per heavy atom. The van der Waals surface area contributed by atoms with Crippen molar-refractivity contribution in [1.82, 2.24) is 5.32 Å². The predicted octanol–water partition coefficient (Wildman–Crippen LogP) is 3.09. The molecule has 2 rings (SSSR count). The number of halogens is 2. The largest absolute Gasteiger partial charge is 0.386 e. The van der Waals surface area contributed by atoms with Crippen LogP contribution in [0.3, 0.4) is 0 Å². The Hall–Kier alpha value is -2.27. The van der Waals surface area contributed by atoms with E-state index in [4.69, 9.17) is 0 Å². The molecule has 0 heterocycles. The summed E-state index contributed by atoms with van der Waals surface area (Å²) >= 11 is 0. The third-order valence-corrected chi connectivity index (χ3v) is 3.84. The van der Waals surface area contributed by atoms with E-state index in [2.05, 4.69) is 5.32 Å². The summed E-state index contributed by atoms with van der Waals surface area (Å²) in [7, 11) is 0. The molecular formula is C18H19F2NO2. The van der Waals surface area contributed by atoms with Crippen molar-refractivity contribution in [3.63, 3.8) is 0 Å². The van der Waals surface area contributed by atoms with Gasteiger partial charge in [-0.1, -0.05) is 36.4 Å². The molecule has 0 fully saturated rings. The molecule has 3 nitrogen and oxygen atoms in total. The number of rotatable bonds is 5. The Labute approximate surface area is 134 Å². The molecule has 0 aliphatic heterocycles. The minimum Gasteiger partial charge on any atom is -0.386 e. The van der Waals surface area contributed by atoms with Crippen molar-refractivity contribution in [2.24, 2.45) is 0 Å². The second-order valence-corrected chi connectivity index (χ2v) is 5.85. The van der Waals surface area contributed by atoms with Gasteiger partial charge in [-0.15, -0.1) is 0 Å². The number of aliphatic hydroxyl groups is 1. The number of nitrogens with one attached hydrogen (secondary N) is 1. The summed E-state index contributed by atoms with van der Waals surface area (Å²) in [4.78, 5) is 12.4. The summed E-state index contributed by atoms with van der Waals surface area (Å²) in [5, 5.41) is 12.6. The number of carbonyl (C=O) groups excluding carboxylic acids is 1. The quantitative estimate of drug-likeness (QED) is 0.890. The lowest BCUT2D eigenvalue weighted by Crippen LogP contribution is -2.42. The zero-order valence-electron chi connectivity index (χ0n) is 13.0. The van der Waals surface area contributed by atoms with E-state index in [9.17, 15) is 18.7 Å². The molecule has 0 aromatic heterocycles. The first kappa shape index (κ1) is 17.1. The lowest BCUT2D eigenvalue weighted by atomic mass is 9.83. The first-order valence-electron chi connectivity index (χ1n) is 7.30. The van der Waals surface area contributed by atoms with Crippen molar-refractivity contribution in [1.29, 1.82) is 0 Å². The molecule has 2 aromatic carbocycles. The van der Waals surface area contributed by atoms with Crippen LogP contribution >= 0.6 is 0 Å². The summed E-state index contributed by atoms with van der Waals surface area (Å²) in [6.45, 7) is 3.03. The van der Waals surface area contributed by atoms with Gasteiger partial charge in [0.25, 0.3) is 0 Å². The number of benzene rings is 2. The summed E-state index contributed by atoms with van der Waals surface area (Å²) in [5.74, 6) is -1.46. The molecular weight excluding hydrogens is 300 g/mol. The monoisotopic (exact) mass is 319 g/mol. The molecule has 1 amide bonds. The van der Waals surface area contributed by atoms with Gasteiger partial charge in [-0.2, -0.15) is 0 Å². The molecule has 0 radical (unpaired) electrons. The lowest BCUT2D eigenvalue weighted by Gasteiger charge is -2.25. The highest BCUT2D eigenvalue weighted by molar-refractivity contribution is 5.87. The number of carbonyl (C=O) groups is 1. The fourth-order valence-electron chi connectivity index (χ4n) is 2.36. The maximum atomic E-state index is 13.9. The van der Waals surface area contributed by atoms with Crippen LogP contribution in [0.4, 0.5) is 8.78 Å². The van der Waals surface area contributed by atoms with Gasteiger partial charge in [0.2, 0.25) is 5.91 Å². The van der Waals surface area contributed by atoms with E-state index in [1.54, 1.807) is 38.1 Å². The first-order chi connectivity index (χ1) is 10.8. The smallest absolute Gasteiger partial charge is 0.230 e. The molecule has 0 aliphatic rings. The van der Waals surface area contributed by atoms with Gasteiger partial charge < -0.3 is 10.4 Å². The van der Waals surface area contributed by atoms with Gasteiger partial charge in [-0.3, -0.25) is 4.79 Å². The second-order valence-electron chi connectivity index (χ2n) is 5.85. The Morgan fingerprint density at radius 1 is 1.09 bits per heavy atom. The van der Waals surface area contributed by atoms with E-state index in [1.165, 1.54) is 24.3 Å². The fraction of sp³-hybridized carbons (Fsp3) is 0.278. The number of hydrogen-bond acceptors (Lipinski definition) is 2. The van der Waals surface area contributed by atoms with Crippen molar-refractivity contribution in [2.75, 3.05) is 6.54 Å². The Morgan fingerprint density at radius 3 is 2.26 bits per heavy atom. The molecule has 0 bridgehead atoms. The normalized spacial score (nSPS) is 12.7. The topological polar surface area (TPSA) is 49.3 Å². The van der Waals surface area contributed by atoms with Gasteiger partial charge in [0.15, 0.2) is 0 Å². The lowest BCUT2D eigenvalue weighted by molar-refractivity contribution is -0.126. The van der Waals surface area contributed by atoms with Crippen LogP contribution in [-0.4, -0.2) is 17.6 Å². The van der Waals surface area contributed by atoms with E-state index in [0.29, 0.717) is 0 Å². The minimum atomic E-state index is -1.17. The van der Waals surface area contributed by atoms with E-state index >= 15 is 0 Å². The van der Waals surface area contributed by atoms with Crippen molar-refractivity contribution in [3.8, 4) is 0 Å². The van der Waals surface area contributed by atoms with E-state index in [1.807, 2.05) is 0 Å². The minimum absolute atomic E-state index is 0.108. The van der Waals surface area contributed by atoms with Gasteiger partial charge >= 0.3 is 0 Å². The molecule has 122 valence electrons. The SMILES string of the molecule is CC(C)(C(=O)NCC(O)c1ccccc1F)c1ccccc1F. The van der Waals surface area contributed by atoms with Gasteiger partial charge in [0.1, 0.15) is 11.6 Å². The zero-order valence-corrected chi connectivity index (χ0v) is 13.0. The van der Waals surface area contributed by atoms with Crippen LogP contribution in [0.25, 0.3) is 0 Å². The highest BCUT2D eigenvalue weighted by Crippen LogP contribution is 2.26. The van der Waals surface area contributed by atoms with Crippen molar-refractivity contribution in [3.05, 3.63) is 71.3 Å². The van der Waals surface area contributed by atoms with Gasteiger partial charge in [-0.05, 0) is 26.0 Å². The van der Waals surface area contributed by atoms with Crippen molar-refractivity contribution in [2.45, 2.75) is 25.4 Å². The molecule has 0 aliphatic carbocycles. The third-order valence-electron chi connectivity index (χ3n) is 3.84. The van der Waals surface area contributed by atoms with E-state index in [-0.39, 0.29) is 17.7 Å². The van der Waals surface area contributed by atoms with Crippen molar-refractivity contribution >= 4 is 5.91 Å². The van der Waals surface area contributed by atoms with Crippen LogP contribution in [0, 0.1) is 11.6 Å². The zero-order chi connectivity index (χ0) is 17.0. The Kier molecular flexibility index (Phi) is 5.11. The van der Waals surface area contributed by atoms with E-state index < -0.39 is 29.1 Å². The van der Waals surface area contributed by atoms with Crippen LogP contribution in [0.2, 0.25) is 0 Å². The fourth-order valence-corrected chi connectivity index (χ4v) is 2.36. The van der Waals surface area contributed by atoms with E-state index in [0.717, 1.165) is 0 Å². The summed E-state index contributed by atoms with van der Waals surface area (Å²) in [6.07, 6.45) is -1.17.